The van der Waals surface area contributed by atoms with Gasteiger partial charge in [-0.25, -0.2) is 0 Å². The van der Waals surface area contributed by atoms with Crippen molar-refractivity contribution in [3.05, 3.63) is 23.2 Å². The molecule has 0 aromatic heterocycles. The number of amides is 1. The van der Waals surface area contributed by atoms with Crippen molar-refractivity contribution in [3.63, 3.8) is 0 Å². The van der Waals surface area contributed by atoms with E-state index >= 15 is 0 Å². The number of ether oxygens (including phenoxy) is 1. The predicted molar refractivity (Wildman–Crippen MR) is 92.8 cm³/mol. The van der Waals surface area contributed by atoms with E-state index in [1.807, 2.05) is 12.1 Å². The molecule has 1 aromatic carbocycles. The Bertz CT molecular complexity index is 455. The van der Waals surface area contributed by atoms with Crippen molar-refractivity contribution < 1.29 is 9.53 Å². The lowest BCUT2D eigenvalue weighted by Crippen LogP contribution is -2.28. The highest BCUT2D eigenvalue weighted by Crippen LogP contribution is 2.32. The number of anilines is 1. The summed E-state index contributed by atoms with van der Waals surface area (Å²) >= 11 is 7.67. The van der Waals surface area contributed by atoms with Gasteiger partial charge in [0.25, 0.3) is 0 Å². The van der Waals surface area contributed by atoms with Crippen LogP contribution in [0.25, 0.3) is 0 Å². The SMILES string of the molecule is COC(CN)CC(=O)Nc1cc(Cl)ccc1SC(C)C.Cl. The molecule has 0 aliphatic rings. The minimum absolute atomic E-state index is 0. The summed E-state index contributed by atoms with van der Waals surface area (Å²) in [6, 6.07) is 5.49. The minimum Gasteiger partial charge on any atom is -0.380 e. The van der Waals surface area contributed by atoms with Crippen LogP contribution in [-0.2, 0) is 9.53 Å². The molecule has 0 bridgehead atoms. The zero-order valence-corrected chi connectivity index (χ0v) is 14.8. The number of thioether (sulfide) groups is 1. The van der Waals surface area contributed by atoms with Crippen molar-refractivity contribution in [1.82, 2.24) is 0 Å². The van der Waals surface area contributed by atoms with Gasteiger partial charge in [-0.3, -0.25) is 4.79 Å². The van der Waals surface area contributed by atoms with Gasteiger partial charge < -0.3 is 15.8 Å². The molecule has 21 heavy (non-hydrogen) atoms. The number of methoxy groups -OCH3 is 1. The molecular weight excluding hydrogens is 331 g/mol. The maximum atomic E-state index is 12.0. The first kappa shape index (κ1) is 20.5. The molecule has 1 amide bonds. The highest BCUT2D eigenvalue weighted by molar-refractivity contribution is 8.00. The Morgan fingerprint density at radius 2 is 2.14 bits per heavy atom. The summed E-state index contributed by atoms with van der Waals surface area (Å²) in [5.41, 5.74) is 6.24. The number of nitrogens with one attached hydrogen (secondary N) is 1. The van der Waals surface area contributed by atoms with Crippen molar-refractivity contribution in [2.75, 3.05) is 19.0 Å². The fourth-order valence-corrected chi connectivity index (χ4v) is 2.69. The van der Waals surface area contributed by atoms with Crippen LogP contribution < -0.4 is 11.1 Å². The van der Waals surface area contributed by atoms with Crippen LogP contribution in [-0.4, -0.2) is 30.9 Å². The fourth-order valence-electron chi connectivity index (χ4n) is 1.63. The molecule has 7 heteroatoms. The number of halogens is 2. The van der Waals surface area contributed by atoms with Gasteiger partial charge in [0.05, 0.1) is 18.2 Å². The Balaban J connectivity index is 0.00000400. The van der Waals surface area contributed by atoms with Gasteiger partial charge in [-0.2, -0.15) is 0 Å². The summed E-state index contributed by atoms with van der Waals surface area (Å²) < 4.78 is 5.11. The number of rotatable bonds is 7. The van der Waals surface area contributed by atoms with Crippen LogP contribution in [0.2, 0.25) is 5.02 Å². The Kier molecular flexibility index (Phi) is 10.1. The van der Waals surface area contributed by atoms with E-state index in [1.165, 1.54) is 0 Å². The van der Waals surface area contributed by atoms with Gasteiger partial charge in [0.15, 0.2) is 0 Å². The zero-order valence-electron chi connectivity index (χ0n) is 12.4. The Hall–Kier alpha value is -0.460. The van der Waals surface area contributed by atoms with Crippen LogP contribution in [0.15, 0.2) is 23.1 Å². The molecule has 0 saturated heterocycles. The number of benzene rings is 1. The zero-order chi connectivity index (χ0) is 15.1. The Labute approximate surface area is 141 Å². The molecule has 1 unspecified atom stereocenters. The lowest BCUT2D eigenvalue weighted by Gasteiger charge is -2.15. The molecule has 3 N–H and O–H groups in total. The normalized spacial score (nSPS) is 11.9. The number of carbonyl (C=O) groups is 1. The largest absolute Gasteiger partial charge is 0.380 e. The second-order valence-electron chi connectivity index (χ2n) is 4.65. The van der Waals surface area contributed by atoms with Gasteiger partial charge in [0, 0.05) is 28.8 Å². The molecule has 0 heterocycles. The molecule has 4 nitrogen and oxygen atoms in total. The summed E-state index contributed by atoms with van der Waals surface area (Å²) in [6.07, 6.45) is -0.0407. The van der Waals surface area contributed by atoms with Crippen LogP contribution in [0.1, 0.15) is 20.3 Å². The van der Waals surface area contributed by atoms with E-state index in [4.69, 9.17) is 22.1 Å². The van der Waals surface area contributed by atoms with Crippen LogP contribution in [0, 0.1) is 0 Å². The second kappa shape index (κ2) is 10.3. The predicted octanol–water partition coefficient (Wildman–Crippen LogP) is 3.56. The van der Waals surface area contributed by atoms with Crippen LogP contribution >= 0.6 is 35.8 Å². The molecule has 1 aromatic rings. The van der Waals surface area contributed by atoms with Crippen LogP contribution in [0.5, 0.6) is 0 Å². The van der Waals surface area contributed by atoms with Gasteiger partial charge in [0.1, 0.15) is 0 Å². The van der Waals surface area contributed by atoms with Gasteiger partial charge in [0.2, 0.25) is 5.91 Å². The van der Waals surface area contributed by atoms with Gasteiger partial charge in [-0.15, -0.1) is 24.2 Å². The van der Waals surface area contributed by atoms with E-state index in [9.17, 15) is 4.79 Å². The third-order valence-electron chi connectivity index (χ3n) is 2.59. The van der Waals surface area contributed by atoms with E-state index in [-0.39, 0.29) is 30.8 Å². The topological polar surface area (TPSA) is 64.3 Å². The molecule has 1 rings (SSSR count). The molecule has 0 spiro atoms. The summed E-state index contributed by atoms with van der Waals surface area (Å²) in [4.78, 5) is 13.0. The van der Waals surface area contributed by atoms with Crippen LogP contribution in [0.4, 0.5) is 5.69 Å². The maximum absolute atomic E-state index is 12.0. The lowest BCUT2D eigenvalue weighted by molar-refractivity contribution is -0.118. The molecule has 0 fully saturated rings. The van der Waals surface area contributed by atoms with E-state index in [2.05, 4.69) is 19.2 Å². The average Bonchev–Trinajstić information content (AvgIpc) is 2.38. The number of hydrogen-bond donors (Lipinski definition) is 2. The first-order chi connectivity index (χ1) is 9.46. The third-order valence-corrected chi connectivity index (χ3v) is 3.90. The highest BCUT2D eigenvalue weighted by Gasteiger charge is 2.14. The second-order valence-corrected chi connectivity index (χ2v) is 6.71. The monoisotopic (exact) mass is 352 g/mol. The maximum Gasteiger partial charge on any atom is 0.227 e. The molecule has 0 radical (unpaired) electrons. The smallest absolute Gasteiger partial charge is 0.227 e. The molecule has 120 valence electrons. The number of carbonyl (C=O) groups excluding carboxylic acids is 1. The summed E-state index contributed by atoms with van der Waals surface area (Å²) in [5, 5.41) is 3.89. The standard InChI is InChI=1S/C14H21ClN2O2S.ClH/c1-9(2)20-13-5-4-10(15)6-12(13)17-14(18)7-11(8-16)19-3;/h4-6,9,11H,7-8,16H2,1-3H3,(H,17,18);1H. The molecule has 0 aliphatic heterocycles. The van der Waals surface area contributed by atoms with Crippen LogP contribution in [0.3, 0.4) is 0 Å². The van der Waals surface area contributed by atoms with Crippen molar-refractivity contribution in [2.45, 2.75) is 36.5 Å². The number of hydrogen-bond acceptors (Lipinski definition) is 4. The molecular formula is C14H22Cl2N2O2S. The average molecular weight is 353 g/mol. The molecule has 0 saturated carbocycles. The van der Waals surface area contributed by atoms with Gasteiger partial charge in [-0.1, -0.05) is 25.4 Å². The van der Waals surface area contributed by atoms with Gasteiger partial charge >= 0.3 is 0 Å². The summed E-state index contributed by atoms with van der Waals surface area (Å²) in [5.74, 6) is -0.129. The van der Waals surface area contributed by atoms with E-state index < -0.39 is 0 Å². The van der Waals surface area contributed by atoms with Crippen molar-refractivity contribution >= 4 is 47.4 Å². The van der Waals surface area contributed by atoms with E-state index in [1.54, 1.807) is 24.9 Å². The third kappa shape index (κ3) is 7.38. The van der Waals surface area contributed by atoms with E-state index in [0.717, 1.165) is 10.6 Å². The number of nitrogens with two attached hydrogens (primary N) is 1. The quantitative estimate of drug-likeness (QED) is 0.736. The van der Waals surface area contributed by atoms with Crippen molar-refractivity contribution in [1.29, 1.82) is 0 Å². The van der Waals surface area contributed by atoms with E-state index in [0.29, 0.717) is 16.8 Å². The minimum atomic E-state index is -0.268. The first-order valence-electron chi connectivity index (χ1n) is 6.45. The Morgan fingerprint density at radius 1 is 1.48 bits per heavy atom. The van der Waals surface area contributed by atoms with Crippen molar-refractivity contribution in [3.8, 4) is 0 Å². The molecule has 0 aliphatic carbocycles. The summed E-state index contributed by atoms with van der Waals surface area (Å²) in [6.45, 7) is 4.51. The highest BCUT2D eigenvalue weighted by atomic mass is 35.5. The first-order valence-corrected chi connectivity index (χ1v) is 7.71. The van der Waals surface area contributed by atoms with Gasteiger partial charge in [-0.05, 0) is 18.2 Å². The lowest BCUT2D eigenvalue weighted by atomic mass is 10.2. The molecule has 1 atom stereocenters. The summed E-state index contributed by atoms with van der Waals surface area (Å²) in [7, 11) is 1.55. The Morgan fingerprint density at radius 3 is 2.67 bits per heavy atom. The fraction of sp³-hybridized carbons (Fsp3) is 0.500. The van der Waals surface area contributed by atoms with Crippen molar-refractivity contribution in [2.24, 2.45) is 5.73 Å².